The molecule has 0 aromatic heterocycles. The van der Waals surface area contributed by atoms with Crippen LogP contribution in [-0.4, -0.2) is 27.1 Å². The molecule has 8 heteroatoms. The summed E-state index contributed by atoms with van der Waals surface area (Å²) >= 11 is 3.36. The number of rotatable bonds is 5. The molecule has 6 nitrogen and oxygen atoms in total. The van der Waals surface area contributed by atoms with Gasteiger partial charge in [-0.3, -0.25) is 9.10 Å². The van der Waals surface area contributed by atoms with Crippen molar-refractivity contribution in [2.24, 2.45) is 0 Å². The second kappa shape index (κ2) is 7.68. The van der Waals surface area contributed by atoms with Gasteiger partial charge in [0, 0.05) is 4.47 Å². The Morgan fingerprint density at radius 2 is 2.00 bits per heavy atom. The summed E-state index contributed by atoms with van der Waals surface area (Å²) in [5.74, 6) is -0.489. The first-order chi connectivity index (χ1) is 11.7. The van der Waals surface area contributed by atoms with Gasteiger partial charge in [-0.1, -0.05) is 12.1 Å². The molecule has 1 amide bonds. The maximum Gasteiger partial charge on any atom is 0.245 e. The third-order valence-corrected chi connectivity index (χ3v) is 5.15. The monoisotopic (exact) mass is 421 g/mol. The minimum atomic E-state index is -3.70. The molecule has 0 saturated heterocycles. The molecule has 2 aromatic carbocycles. The fraction of sp³-hybridized carbons (Fsp3) is 0.176. The van der Waals surface area contributed by atoms with Crippen molar-refractivity contribution >= 4 is 43.2 Å². The fourth-order valence-electron chi connectivity index (χ4n) is 2.17. The van der Waals surface area contributed by atoms with Gasteiger partial charge in [0.1, 0.15) is 6.54 Å². The van der Waals surface area contributed by atoms with E-state index in [0.29, 0.717) is 15.7 Å². The molecular formula is C17H16BrN3O3S. The predicted octanol–water partition coefficient (Wildman–Crippen LogP) is 3.03. The lowest BCUT2D eigenvalue weighted by Gasteiger charge is -2.22. The Balaban J connectivity index is 2.25. The van der Waals surface area contributed by atoms with Crippen molar-refractivity contribution in [1.82, 2.24) is 0 Å². The third kappa shape index (κ3) is 5.05. The number of carbonyl (C=O) groups is 1. The molecule has 25 heavy (non-hydrogen) atoms. The summed E-state index contributed by atoms with van der Waals surface area (Å²) in [6.07, 6.45) is 1.02. The van der Waals surface area contributed by atoms with Gasteiger partial charge < -0.3 is 5.32 Å². The number of nitriles is 1. The van der Waals surface area contributed by atoms with Crippen molar-refractivity contribution in [1.29, 1.82) is 5.26 Å². The molecule has 2 aromatic rings. The van der Waals surface area contributed by atoms with Crippen LogP contribution in [0.25, 0.3) is 0 Å². The maximum absolute atomic E-state index is 12.3. The van der Waals surface area contributed by atoms with E-state index in [-0.39, 0.29) is 5.69 Å². The number of sulfonamides is 1. The highest BCUT2D eigenvalue weighted by Crippen LogP contribution is 2.24. The molecule has 0 heterocycles. The molecule has 130 valence electrons. The maximum atomic E-state index is 12.3. The van der Waals surface area contributed by atoms with E-state index >= 15 is 0 Å². The van der Waals surface area contributed by atoms with E-state index in [4.69, 9.17) is 5.26 Å². The van der Waals surface area contributed by atoms with Crippen LogP contribution in [0.15, 0.2) is 46.9 Å². The first-order valence-electron chi connectivity index (χ1n) is 7.24. The van der Waals surface area contributed by atoms with Gasteiger partial charge in [-0.25, -0.2) is 8.42 Å². The Labute approximate surface area is 155 Å². The van der Waals surface area contributed by atoms with Crippen molar-refractivity contribution in [3.63, 3.8) is 0 Å². The smallest absolute Gasteiger partial charge is 0.245 e. The normalized spacial score (nSPS) is 10.8. The summed E-state index contributed by atoms with van der Waals surface area (Å²) in [6, 6.07) is 13.5. The topological polar surface area (TPSA) is 90.3 Å². The molecule has 0 aliphatic carbocycles. The van der Waals surface area contributed by atoms with Crippen molar-refractivity contribution in [3.8, 4) is 6.07 Å². The summed E-state index contributed by atoms with van der Waals surface area (Å²) in [4.78, 5) is 12.3. The lowest BCUT2D eigenvalue weighted by Crippen LogP contribution is -2.37. The second-order valence-corrected chi connectivity index (χ2v) is 8.22. The van der Waals surface area contributed by atoms with Gasteiger partial charge in [0.05, 0.1) is 29.3 Å². The number of amides is 1. The number of benzene rings is 2. The number of nitrogens with zero attached hydrogens (tertiary/aromatic N) is 2. The molecule has 0 aliphatic rings. The van der Waals surface area contributed by atoms with Gasteiger partial charge in [-0.05, 0) is 58.7 Å². The molecule has 0 unspecified atom stereocenters. The van der Waals surface area contributed by atoms with Crippen molar-refractivity contribution < 1.29 is 13.2 Å². The zero-order chi connectivity index (χ0) is 18.6. The lowest BCUT2D eigenvalue weighted by molar-refractivity contribution is -0.114. The van der Waals surface area contributed by atoms with E-state index in [2.05, 4.69) is 21.2 Å². The van der Waals surface area contributed by atoms with Crippen molar-refractivity contribution in [3.05, 3.63) is 58.1 Å². The highest BCUT2D eigenvalue weighted by atomic mass is 79.9. The van der Waals surface area contributed by atoms with Crippen LogP contribution in [0.2, 0.25) is 0 Å². The molecule has 0 fully saturated rings. The molecule has 0 radical (unpaired) electrons. The van der Waals surface area contributed by atoms with Crippen molar-refractivity contribution in [2.75, 3.05) is 22.4 Å². The SMILES string of the molecule is Cc1ccc(NC(=O)CN(c2cccc(C#N)c2)S(C)(=O)=O)c(Br)c1. The molecule has 0 bridgehead atoms. The number of nitrogens with one attached hydrogen (secondary N) is 1. The Bertz CT molecular complexity index is 952. The zero-order valence-electron chi connectivity index (χ0n) is 13.7. The van der Waals surface area contributed by atoms with E-state index < -0.39 is 22.5 Å². The molecule has 0 aliphatic heterocycles. The van der Waals surface area contributed by atoms with Gasteiger partial charge in [0.2, 0.25) is 15.9 Å². The summed E-state index contributed by atoms with van der Waals surface area (Å²) in [5, 5.41) is 11.7. The van der Waals surface area contributed by atoms with Crippen LogP contribution < -0.4 is 9.62 Å². The first kappa shape index (κ1) is 19.0. The van der Waals surface area contributed by atoms with Crippen molar-refractivity contribution in [2.45, 2.75) is 6.92 Å². The fourth-order valence-corrected chi connectivity index (χ4v) is 3.61. The largest absolute Gasteiger partial charge is 0.323 e. The first-order valence-corrected chi connectivity index (χ1v) is 9.88. The Morgan fingerprint density at radius 1 is 1.28 bits per heavy atom. The predicted molar refractivity (Wildman–Crippen MR) is 101 cm³/mol. The number of hydrogen-bond donors (Lipinski definition) is 1. The number of anilines is 2. The molecule has 0 atom stereocenters. The number of carbonyl (C=O) groups excluding carboxylic acids is 1. The molecule has 0 spiro atoms. The van der Waals surface area contributed by atoms with Crippen LogP contribution in [0.1, 0.15) is 11.1 Å². The average molecular weight is 422 g/mol. The van der Waals surface area contributed by atoms with Crippen LogP contribution in [0, 0.1) is 18.3 Å². The summed E-state index contributed by atoms with van der Waals surface area (Å²) < 4.78 is 25.8. The van der Waals surface area contributed by atoms with E-state index in [9.17, 15) is 13.2 Å². The Kier molecular flexibility index (Phi) is 5.82. The van der Waals surface area contributed by atoms with E-state index in [1.165, 1.54) is 12.1 Å². The number of hydrogen-bond acceptors (Lipinski definition) is 4. The summed E-state index contributed by atoms with van der Waals surface area (Å²) in [6.45, 7) is 1.53. The van der Waals surface area contributed by atoms with Crippen LogP contribution in [0.4, 0.5) is 11.4 Å². The second-order valence-electron chi connectivity index (χ2n) is 5.46. The highest BCUT2D eigenvalue weighted by Gasteiger charge is 2.21. The van der Waals surface area contributed by atoms with Gasteiger partial charge in [-0.15, -0.1) is 0 Å². The third-order valence-electron chi connectivity index (χ3n) is 3.35. The van der Waals surface area contributed by atoms with E-state index in [0.717, 1.165) is 16.1 Å². The van der Waals surface area contributed by atoms with Crippen LogP contribution in [0.5, 0.6) is 0 Å². The van der Waals surface area contributed by atoms with Crippen LogP contribution >= 0.6 is 15.9 Å². The van der Waals surface area contributed by atoms with Gasteiger partial charge >= 0.3 is 0 Å². The lowest BCUT2D eigenvalue weighted by atomic mass is 10.2. The average Bonchev–Trinajstić information content (AvgIpc) is 2.54. The molecular weight excluding hydrogens is 406 g/mol. The minimum absolute atomic E-state index is 0.264. The van der Waals surface area contributed by atoms with E-state index in [1.54, 1.807) is 18.2 Å². The van der Waals surface area contributed by atoms with Gasteiger partial charge in [0.25, 0.3) is 0 Å². The highest BCUT2D eigenvalue weighted by molar-refractivity contribution is 9.10. The Morgan fingerprint density at radius 3 is 2.60 bits per heavy atom. The summed E-state index contributed by atoms with van der Waals surface area (Å²) in [7, 11) is -3.70. The minimum Gasteiger partial charge on any atom is -0.323 e. The van der Waals surface area contributed by atoms with E-state index in [1.807, 2.05) is 25.1 Å². The van der Waals surface area contributed by atoms with Crippen LogP contribution in [0.3, 0.4) is 0 Å². The van der Waals surface area contributed by atoms with Gasteiger partial charge in [-0.2, -0.15) is 5.26 Å². The molecule has 1 N–H and O–H groups in total. The van der Waals surface area contributed by atoms with Crippen LogP contribution in [-0.2, 0) is 14.8 Å². The Hall–Kier alpha value is -2.37. The summed E-state index contributed by atoms with van der Waals surface area (Å²) in [5.41, 5.74) is 2.15. The molecule has 0 saturated carbocycles. The molecule has 2 rings (SSSR count). The quantitative estimate of drug-likeness (QED) is 0.802. The zero-order valence-corrected chi connectivity index (χ0v) is 16.1. The number of aryl methyl sites for hydroxylation is 1. The van der Waals surface area contributed by atoms with Gasteiger partial charge in [0.15, 0.2) is 0 Å². The number of halogens is 1. The standard InChI is InChI=1S/C17H16BrN3O3S/c1-12-6-7-16(15(18)8-12)20-17(22)11-21(25(2,23)24)14-5-3-4-13(9-14)10-19/h3-9H,11H2,1-2H3,(H,20,22).